The highest BCUT2D eigenvalue weighted by Crippen LogP contribution is 2.25. The van der Waals surface area contributed by atoms with Gasteiger partial charge in [-0.05, 0) is 31.2 Å². The quantitative estimate of drug-likeness (QED) is 0.428. The Morgan fingerprint density at radius 3 is 2.96 bits per heavy atom. The summed E-state index contributed by atoms with van der Waals surface area (Å²) >= 11 is 0. The Bertz CT molecular complexity index is 1010. The first-order chi connectivity index (χ1) is 12.0. The maximum Gasteiger partial charge on any atom is 0.311 e. The number of aryl methyl sites for hydroxylation is 1. The number of amides is 1. The van der Waals surface area contributed by atoms with E-state index < -0.39 is 22.3 Å². The zero-order valence-corrected chi connectivity index (χ0v) is 13.1. The summed E-state index contributed by atoms with van der Waals surface area (Å²) in [6.07, 6.45) is 2.97. The maximum atomic E-state index is 12.3. The summed E-state index contributed by atoms with van der Waals surface area (Å²) < 4.78 is 1.64. The number of benzene rings is 1. The van der Waals surface area contributed by atoms with Gasteiger partial charge in [0.05, 0.1) is 16.8 Å². The lowest BCUT2D eigenvalue weighted by Gasteiger charge is -2.01. The molecule has 0 aliphatic heterocycles. The Kier molecular flexibility index (Phi) is 4.12. The fourth-order valence-corrected chi connectivity index (χ4v) is 2.37. The lowest BCUT2D eigenvalue weighted by molar-refractivity contribution is -0.385. The summed E-state index contributed by atoms with van der Waals surface area (Å²) in [5, 5.41) is 24.0. The lowest BCUT2D eigenvalue weighted by atomic mass is 10.2. The van der Waals surface area contributed by atoms with Gasteiger partial charge in [-0.3, -0.25) is 19.3 Å². The van der Waals surface area contributed by atoms with Crippen LogP contribution in [-0.4, -0.2) is 31.5 Å². The molecule has 0 aliphatic rings. The van der Waals surface area contributed by atoms with Crippen LogP contribution in [0.1, 0.15) is 21.7 Å². The van der Waals surface area contributed by atoms with Crippen molar-refractivity contribution in [3.63, 3.8) is 0 Å². The molecule has 9 nitrogen and oxygen atoms in total. The molecule has 0 atom stereocenters. The molecule has 0 spiro atoms. The highest BCUT2D eigenvalue weighted by atomic mass is 16.6. The third-order valence-electron chi connectivity index (χ3n) is 3.50. The van der Waals surface area contributed by atoms with E-state index in [2.05, 4.69) is 15.5 Å². The summed E-state index contributed by atoms with van der Waals surface area (Å²) in [7, 11) is 0. The SMILES string of the molecule is Cc1nc2ccccn2c1C(=O)N/N=C/c1ccc(O)c([N+](=O)[O-])c1. The topological polar surface area (TPSA) is 122 Å². The van der Waals surface area contributed by atoms with E-state index in [0.29, 0.717) is 22.6 Å². The molecule has 3 aromatic rings. The zero-order chi connectivity index (χ0) is 18.0. The Morgan fingerprint density at radius 1 is 1.40 bits per heavy atom. The Hall–Kier alpha value is -3.75. The molecule has 2 heterocycles. The number of hydrogen-bond donors (Lipinski definition) is 2. The number of carbonyl (C=O) groups excluding carboxylic acids is 1. The number of carbonyl (C=O) groups is 1. The van der Waals surface area contributed by atoms with Gasteiger partial charge < -0.3 is 5.11 Å². The van der Waals surface area contributed by atoms with E-state index in [4.69, 9.17) is 0 Å². The molecular formula is C16H13N5O4. The average Bonchev–Trinajstić information content (AvgIpc) is 2.91. The number of nitro groups is 1. The summed E-state index contributed by atoms with van der Waals surface area (Å²) in [4.78, 5) is 26.7. The second-order valence-corrected chi connectivity index (χ2v) is 5.18. The fraction of sp³-hybridized carbons (Fsp3) is 0.0625. The van der Waals surface area contributed by atoms with Crippen LogP contribution < -0.4 is 5.43 Å². The van der Waals surface area contributed by atoms with Gasteiger partial charge in [-0.15, -0.1) is 0 Å². The second kappa shape index (κ2) is 6.40. The summed E-state index contributed by atoms with van der Waals surface area (Å²) in [5.74, 6) is -0.895. The number of aromatic nitrogens is 2. The molecule has 0 radical (unpaired) electrons. The van der Waals surface area contributed by atoms with E-state index in [1.165, 1.54) is 18.3 Å². The van der Waals surface area contributed by atoms with Gasteiger partial charge in [0.15, 0.2) is 5.75 Å². The molecule has 126 valence electrons. The lowest BCUT2D eigenvalue weighted by Crippen LogP contribution is -2.20. The van der Waals surface area contributed by atoms with Gasteiger partial charge in [0, 0.05) is 17.8 Å². The smallest absolute Gasteiger partial charge is 0.311 e. The average molecular weight is 339 g/mol. The predicted octanol–water partition coefficient (Wildman–Crippen LogP) is 2.02. The molecule has 25 heavy (non-hydrogen) atoms. The van der Waals surface area contributed by atoms with Crippen molar-refractivity contribution in [2.45, 2.75) is 6.92 Å². The third-order valence-corrected chi connectivity index (χ3v) is 3.50. The Morgan fingerprint density at radius 2 is 2.20 bits per heavy atom. The first-order valence-corrected chi connectivity index (χ1v) is 7.22. The molecular weight excluding hydrogens is 326 g/mol. The predicted molar refractivity (Wildman–Crippen MR) is 89.8 cm³/mol. The number of nitrogens with one attached hydrogen (secondary N) is 1. The Balaban J connectivity index is 1.80. The van der Waals surface area contributed by atoms with Crippen LogP contribution in [0.4, 0.5) is 5.69 Å². The number of nitro benzene ring substituents is 1. The van der Waals surface area contributed by atoms with Crippen molar-refractivity contribution in [2.75, 3.05) is 0 Å². The Labute approximate surface area is 141 Å². The van der Waals surface area contributed by atoms with Gasteiger partial charge in [0.1, 0.15) is 11.3 Å². The van der Waals surface area contributed by atoms with Gasteiger partial charge in [0.25, 0.3) is 5.91 Å². The molecule has 1 aromatic carbocycles. The molecule has 2 aromatic heterocycles. The summed E-state index contributed by atoms with van der Waals surface area (Å²) in [6, 6.07) is 9.17. The molecule has 0 unspecified atom stereocenters. The summed E-state index contributed by atoms with van der Waals surface area (Å²) in [5.41, 5.74) is 3.84. The van der Waals surface area contributed by atoms with E-state index in [1.807, 2.05) is 6.07 Å². The largest absolute Gasteiger partial charge is 0.502 e. The van der Waals surface area contributed by atoms with Crippen LogP contribution in [0.15, 0.2) is 47.7 Å². The number of pyridine rings is 1. The van der Waals surface area contributed by atoms with E-state index in [1.54, 1.807) is 29.7 Å². The molecule has 0 fully saturated rings. The summed E-state index contributed by atoms with van der Waals surface area (Å²) in [6.45, 7) is 1.72. The zero-order valence-electron chi connectivity index (χ0n) is 13.1. The van der Waals surface area contributed by atoms with Crippen LogP contribution in [0.5, 0.6) is 5.75 Å². The molecule has 3 rings (SSSR count). The van der Waals surface area contributed by atoms with Crippen molar-refractivity contribution in [1.29, 1.82) is 0 Å². The number of nitrogens with zero attached hydrogens (tertiary/aromatic N) is 4. The number of phenolic OH excluding ortho intramolecular Hbond substituents is 1. The van der Waals surface area contributed by atoms with Gasteiger partial charge in [-0.25, -0.2) is 10.4 Å². The van der Waals surface area contributed by atoms with Crippen molar-refractivity contribution >= 4 is 23.5 Å². The molecule has 1 amide bonds. The first-order valence-electron chi connectivity index (χ1n) is 7.22. The minimum absolute atomic E-state index is 0.351. The first kappa shape index (κ1) is 16.1. The number of hydrogen-bond acceptors (Lipinski definition) is 6. The minimum atomic E-state index is -0.701. The van der Waals surface area contributed by atoms with Crippen molar-refractivity contribution in [1.82, 2.24) is 14.8 Å². The van der Waals surface area contributed by atoms with E-state index in [9.17, 15) is 20.0 Å². The van der Waals surface area contributed by atoms with Gasteiger partial charge in [-0.1, -0.05) is 6.07 Å². The maximum absolute atomic E-state index is 12.3. The highest BCUT2D eigenvalue weighted by Gasteiger charge is 2.16. The normalized spacial score (nSPS) is 11.1. The molecule has 0 aliphatic carbocycles. The standard InChI is InChI=1S/C16H13N5O4/c1-10-15(20-7-3-2-4-14(20)18-10)16(23)19-17-9-11-5-6-13(22)12(8-11)21(24)25/h2-9,22H,1H3,(H,19,23)/b17-9+. The molecule has 0 bridgehead atoms. The van der Waals surface area contributed by atoms with Crippen LogP contribution in [0, 0.1) is 17.0 Å². The monoisotopic (exact) mass is 339 g/mol. The third kappa shape index (κ3) is 3.15. The second-order valence-electron chi connectivity index (χ2n) is 5.18. The van der Waals surface area contributed by atoms with Gasteiger partial charge in [-0.2, -0.15) is 5.10 Å². The number of rotatable bonds is 4. The van der Waals surface area contributed by atoms with Crippen molar-refractivity contribution in [2.24, 2.45) is 5.10 Å². The van der Waals surface area contributed by atoms with Gasteiger partial charge in [0.2, 0.25) is 0 Å². The molecule has 0 saturated heterocycles. The van der Waals surface area contributed by atoms with Crippen LogP contribution in [0.3, 0.4) is 0 Å². The van der Waals surface area contributed by atoms with E-state index in [0.717, 1.165) is 6.07 Å². The molecule has 9 heteroatoms. The number of aromatic hydroxyl groups is 1. The van der Waals surface area contributed by atoms with Gasteiger partial charge >= 0.3 is 5.69 Å². The highest BCUT2D eigenvalue weighted by molar-refractivity contribution is 5.95. The van der Waals surface area contributed by atoms with Crippen LogP contribution in [-0.2, 0) is 0 Å². The van der Waals surface area contributed by atoms with Crippen molar-refractivity contribution in [3.8, 4) is 5.75 Å². The number of fused-ring (bicyclic) bond motifs is 1. The fourth-order valence-electron chi connectivity index (χ4n) is 2.37. The van der Waals surface area contributed by atoms with Crippen LogP contribution in [0.25, 0.3) is 5.65 Å². The van der Waals surface area contributed by atoms with Crippen LogP contribution in [0.2, 0.25) is 0 Å². The van der Waals surface area contributed by atoms with E-state index >= 15 is 0 Å². The number of imidazole rings is 1. The number of phenols is 1. The van der Waals surface area contributed by atoms with Crippen LogP contribution >= 0.6 is 0 Å². The molecule has 0 saturated carbocycles. The van der Waals surface area contributed by atoms with E-state index in [-0.39, 0.29) is 0 Å². The van der Waals surface area contributed by atoms with Crippen molar-refractivity contribution in [3.05, 3.63) is 69.7 Å². The minimum Gasteiger partial charge on any atom is -0.502 e. The molecule has 2 N–H and O–H groups in total. The number of hydrazone groups is 1. The van der Waals surface area contributed by atoms with Crippen molar-refractivity contribution < 1.29 is 14.8 Å².